The number of benzene rings is 2. The van der Waals surface area contributed by atoms with Crippen LogP contribution in [-0.4, -0.2) is 22.3 Å². The van der Waals surface area contributed by atoms with Gasteiger partial charge in [0.25, 0.3) is 0 Å². The molecule has 1 aliphatic rings. The van der Waals surface area contributed by atoms with Crippen LogP contribution < -0.4 is 0 Å². The molecule has 4 heteroatoms. The average molecular weight is 336 g/mol. The highest BCUT2D eigenvalue weighted by atomic mass is 16.4. The van der Waals surface area contributed by atoms with E-state index >= 15 is 0 Å². The molecule has 0 fully saturated rings. The van der Waals surface area contributed by atoms with Gasteiger partial charge in [-0.2, -0.15) is 0 Å². The first kappa shape index (κ1) is 17.2. The monoisotopic (exact) mass is 336 g/mol. The third-order valence-electron chi connectivity index (χ3n) is 5.50. The fraction of sp³-hybridized carbons (Fsp3) is 0.333. The minimum atomic E-state index is 0.0466. The van der Waals surface area contributed by atoms with Gasteiger partial charge in [-0.25, -0.2) is 0 Å². The summed E-state index contributed by atoms with van der Waals surface area (Å²) >= 11 is 0. The molecule has 1 aliphatic carbocycles. The van der Waals surface area contributed by atoms with Gasteiger partial charge in [-0.15, -0.1) is 5.16 Å². The van der Waals surface area contributed by atoms with Gasteiger partial charge in [0.05, 0.1) is 5.71 Å². The zero-order chi connectivity index (χ0) is 17.9. The molecule has 130 valence electrons. The van der Waals surface area contributed by atoms with Crippen LogP contribution in [0.25, 0.3) is 11.1 Å². The van der Waals surface area contributed by atoms with Gasteiger partial charge in [-0.05, 0) is 40.7 Å². The van der Waals surface area contributed by atoms with Gasteiger partial charge < -0.3 is 10.4 Å². The molecule has 3 rings (SSSR count). The highest BCUT2D eigenvalue weighted by Crippen LogP contribution is 2.52. The van der Waals surface area contributed by atoms with E-state index in [1.54, 1.807) is 0 Å². The van der Waals surface area contributed by atoms with Crippen LogP contribution in [-0.2, 0) is 11.8 Å². The maximum Gasteiger partial charge on any atom is 0.0668 e. The van der Waals surface area contributed by atoms with Crippen LogP contribution in [0.15, 0.2) is 52.8 Å². The predicted octanol–water partition coefficient (Wildman–Crippen LogP) is 5.00. The Morgan fingerprint density at radius 3 is 2.40 bits per heavy atom. The summed E-state index contributed by atoms with van der Waals surface area (Å²) < 4.78 is 0. The van der Waals surface area contributed by atoms with E-state index in [9.17, 15) is 5.21 Å². The van der Waals surface area contributed by atoms with Gasteiger partial charge >= 0.3 is 0 Å². The normalized spacial score (nSPS) is 15.4. The Kier molecular flexibility index (Phi) is 4.88. The molecule has 0 saturated heterocycles. The second kappa shape index (κ2) is 7.09. The minimum absolute atomic E-state index is 0.0466. The Balaban J connectivity index is 2.04. The van der Waals surface area contributed by atoms with E-state index in [1.165, 1.54) is 28.5 Å². The highest BCUT2D eigenvalue weighted by molar-refractivity contribution is 5.96. The van der Waals surface area contributed by atoms with E-state index in [2.05, 4.69) is 66.6 Å². The topological polar surface area (TPSA) is 65.2 Å². The van der Waals surface area contributed by atoms with Crippen LogP contribution in [0.2, 0.25) is 0 Å². The zero-order valence-corrected chi connectivity index (χ0v) is 14.7. The fourth-order valence-corrected chi connectivity index (χ4v) is 4.15. The number of oxime groups is 2. The smallest absolute Gasteiger partial charge is 0.0668 e. The summed E-state index contributed by atoms with van der Waals surface area (Å²) in [6.07, 6.45) is 4.30. The number of hydrogen-bond acceptors (Lipinski definition) is 4. The second-order valence-electron chi connectivity index (χ2n) is 6.56. The van der Waals surface area contributed by atoms with Crippen molar-refractivity contribution in [1.82, 2.24) is 0 Å². The maximum atomic E-state index is 9.19. The lowest BCUT2D eigenvalue weighted by atomic mass is 9.73. The SMILES string of the molecule is CCC1(CC)c2ccccc2-c2ccc(C/C(C/C=N/O)=N/O)cc21. The Labute approximate surface area is 148 Å². The summed E-state index contributed by atoms with van der Waals surface area (Å²) in [7, 11) is 0. The molecule has 0 radical (unpaired) electrons. The van der Waals surface area contributed by atoms with E-state index in [1.807, 2.05) is 0 Å². The van der Waals surface area contributed by atoms with Gasteiger partial charge in [0.2, 0.25) is 0 Å². The van der Waals surface area contributed by atoms with E-state index in [0.29, 0.717) is 18.6 Å². The van der Waals surface area contributed by atoms with Crippen LogP contribution in [0.3, 0.4) is 0 Å². The molecule has 0 aromatic heterocycles. The second-order valence-corrected chi connectivity index (χ2v) is 6.56. The van der Waals surface area contributed by atoms with Crippen molar-refractivity contribution < 1.29 is 10.4 Å². The molecule has 2 aromatic rings. The summed E-state index contributed by atoms with van der Waals surface area (Å²) in [4.78, 5) is 0. The minimum Gasteiger partial charge on any atom is -0.411 e. The lowest BCUT2D eigenvalue weighted by Gasteiger charge is -2.30. The fourth-order valence-electron chi connectivity index (χ4n) is 4.15. The lowest BCUT2D eigenvalue weighted by Crippen LogP contribution is -2.23. The molecule has 2 N–H and O–H groups in total. The zero-order valence-electron chi connectivity index (χ0n) is 14.7. The van der Waals surface area contributed by atoms with Gasteiger partial charge in [0.1, 0.15) is 0 Å². The van der Waals surface area contributed by atoms with Crippen molar-refractivity contribution in [3.8, 4) is 11.1 Å². The molecule has 0 atom stereocenters. The Hall–Kier alpha value is -2.62. The molecule has 0 heterocycles. The summed E-state index contributed by atoms with van der Waals surface area (Å²) in [5.41, 5.74) is 7.15. The molecular weight excluding hydrogens is 312 g/mol. The molecule has 0 unspecified atom stereocenters. The van der Waals surface area contributed by atoms with Gasteiger partial charge in [-0.1, -0.05) is 61.5 Å². The first-order valence-electron chi connectivity index (χ1n) is 8.79. The van der Waals surface area contributed by atoms with E-state index in [4.69, 9.17) is 5.21 Å². The van der Waals surface area contributed by atoms with Crippen LogP contribution in [0, 0.1) is 0 Å². The first-order valence-corrected chi connectivity index (χ1v) is 8.79. The summed E-state index contributed by atoms with van der Waals surface area (Å²) in [5, 5.41) is 24.1. The quantitative estimate of drug-likeness (QED) is 0.443. The van der Waals surface area contributed by atoms with Gasteiger partial charge in [-0.3, -0.25) is 0 Å². The summed E-state index contributed by atoms with van der Waals surface area (Å²) in [5.74, 6) is 0. The third kappa shape index (κ3) is 2.82. The van der Waals surface area contributed by atoms with Crippen LogP contribution in [0.5, 0.6) is 0 Å². The molecule has 0 saturated carbocycles. The molecule has 0 amide bonds. The van der Waals surface area contributed by atoms with Crippen LogP contribution in [0.4, 0.5) is 0 Å². The van der Waals surface area contributed by atoms with E-state index in [0.717, 1.165) is 18.4 Å². The Bertz CT molecular complexity index is 820. The van der Waals surface area contributed by atoms with Crippen molar-refractivity contribution >= 4 is 11.9 Å². The maximum absolute atomic E-state index is 9.19. The molecular formula is C21H24N2O2. The van der Waals surface area contributed by atoms with Crippen molar-refractivity contribution in [3.05, 3.63) is 59.2 Å². The van der Waals surface area contributed by atoms with Gasteiger partial charge in [0.15, 0.2) is 0 Å². The standard InChI is InChI=1S/C21H24N2O2/c1-3-21(4-2)19-8-6-5-7-17(19)18-10-9-15(14-20(18)21)13-16(23-25)11-12-22-24/h5-10,12,14,24-25H,3-4,11,13H2,1-2H3/b22-12+,23-16+. The predicted molar refractivity (Wildman–Crippen MR) is 101 cm³/mol. The number of fused-ring (bicyclic) bond motifs is 3. The molecule has 4 nitrogen and oxygen atoms in total. The molecule has 0 aliphatic heterocycles. The van der Waals surface area contributed by atoms with Crippen molar-refractivity contribution in [3.63, 3.8) is 0 Å². The molecule has 2 aromatic carbocycles. The molecule has 0 bridgehead atoms. The number of hydrogen-bond donors (Lipinski definition) is 2. The van der Waals surface area contributed by atoms with Crippen molar-refractivity contribution in [1.29, 1.82) is 0 Å². The first-order chi connectivity index (χ1) is 12.2. The van der Waals surface area contributed by atoms with E-state index in [-0.39, 0.29) is 5.41 Å². The van der Waals surface area contributed by atoms with Crippen molar-refractivity contribution in [2.24, 2.45) is 10.3 Å². The van der Waals surface area contributed by atoms with Gasteiger partial charge in [0, 0.05) is 24.5 Å². The van der Waals surface area contributed by atoms with E-state index < -0.39 is 0 Å². The summed E-state index contributed by atoms with van der Waals surface area (Å²) in [6.45, 7) is 4.50. The number of rotatable bonds is 6. The molecule has 0 spiro atoms. The average Bonchev–Trinajstić information content (AvgIpc) is 2.94. The Morgan fingerprint density at radius 1 is 1.00 bits per heavy atom. The third-order valence-corrected chi connectivity index (χ3v) is 5.50. The summed E-state index contributed by atoms with van der Waals surface area (Å²) in [6, 6.07) is 15.2. The highest BCUT2D eigenvalue weighted by Gasteiger charge is 2.40. The van der Waals surface area contributed by atoms with Crippen molar-refractivity contribution in [2.45, 2.75) is 44.9 Å². The Morgan fingerprint density at radius 2 is 1.72 bits per heavy atom. The largest absolute Gasteiger partial charge is 0.411 e. The van der Waals surface area contributed by atoms with Crippen molar-refractivity contribution in [2.75, 3.05) is 0 Å². The van der Waals surface area contributed by atoms with Crippen LogP contribution >= 0.6 is 0 Å². The molecule has 25 heavy (non-hydrogen) atoms. The lowest BCUT2D eigenvalue weighted by molar-refractivity contribution is 0.316. The van der Waals surface area contributed by atoms with Crippen LogP contribution in [0.1, 0.15) is 49.8 Å². The number of nitrogens with zero attached hydrogens (tertiary/aromatic N) is 2.